The molecule has 0 saturated carbocycles. The smallest absolute Gasteiger partial charge is 0.193 e. The molecule has 0 spiro atoms. The van der Waals surface area contributed by atoms with Gasteiger partial charge in [0.25, 0.3) is 0 Å². The fourth-order valence-corrected chi connectivity index (χ4v) is 4.15. The van der Waals surface area contributed by atoms with E-state index in [-0.39, 0.29) is 17.1 Å². The highest BCUT2D eigenvalue weighted by atomic mass is 16.3. The minimum absolute atomic E-state index is 0.146. The second-order valence-electron chi connectivity index (χ2n) is 6.86. The van der Waals surface area contributed by atoms with E-state index in [1.165, 1.54) is 6.08 Å². The number of rotatable bonds is 4. The number of aromatic hydroxyl groups is 1. The number of aryl methyl sites for hydroxylation is 1. The van der Waals surface area contributed by atoms with Gasteiger partial charge in [-0.15, -0.1) is 0 Å². The van der Waals surface area contributed by atoms with Gasteiger partial charge in [0.2, 0.25) is 0 Å². The molecule has 0 fully saturated rings. The highest BCUT2D eigenvalue weighted by Gasteiger charge is 2.29. The van der Waals surface area contributed by atoms with Gasteiger partial charge < -0.3 is 10.0 Å². The van der Waals surface area contributed by atoms with Crippen molar-refractivity contribution in [2.75, 3.05) is 18.0 Å². The largest absolute Gasteiger partial charge is 0.507 e. The number of carbonyl (C=O) groups excluding carboxylic acids is 2. The number of hydrogen-bond donors (Lipinski definition) is 1. The Kier molecular flexibility index (Phi) is 4.33. The molecule has 132 valence electrons. The fraction of sp³-hybridized carbons (Fsp3) is 0.273. The molecule has 1 N–H and O–H groups in total. The van der Waals surface area contributed by atoms with Gasteiger partial charge in [-0.05, 0) is 43.4 Å². The molecule has 0 aromatic heterocycles. The minimum Gasteiger partial charge on any atom is -0.507 e. The molecule has 2 heterocycles. The van der Waals surface area contributed by atoms with Crippen LogP contribution in [-0.4, -0.2) is 30.3 Å². The standard InChI is InChI=1S/C22H21NO3/c24-13-10-17(21(25)15-6-2-1-3-7-15)19-14-16-8-4-11-23-12-5-9-18(20(16)23)22(19)26/h1-3,6-7,10,13-14,26H,4-5,8-9,11-12H2/b17-10+. The number of anilines is 1. The summed E-state index contributed by atoms with van der Waals surface area (Å²) in [5.74, 6) is -0.101. The van der Waals surface area contributed by atoms with Gasteiger partial charge in [-0.25, -0.2) is 0 Å². The van der Waals surface area contributed by atoms with Crippen LogP contribution in [0.2, 0.25) is 0 Å². The van der Waals surface area contributed by atoms with Crippen molar-refractivity contribution in [3.05, 3.63) is 64.7 Å². The summed E-state index contributed by atoms with van der Waals surface area (Å²) in [5.41, 5.74) is 4.46. The molecule has 0 amide bonds. The zero-order valence-electron chi connectivity index (χ0n) is 14.6. The molecule has 0 radical (unpaired) electrons. The predicted molar refractivity (Wildman–Crippen MR) is 102 cm³/mol. The van der Waals surface area contributed by atoms with Crippen LogP contribution in [0.15, 0.2) is 42.5 Å². The van der Waals surface area contributed by atoms with Gasteiger partial charge in [0.1, 0.15) is 12.0 Å². The Balaban J connectivity index is 1.87. The average molecular weight is 347 g/mol. The van der Waals surface area contributed by atoms with E-state index in [0.29, 0.717) is 17.4 Å². The Bertz CT molecular complexity index is 897. The molecule has 0 saturated heterocycles. The maximum atomic E-state index is 13.0. The monoisotopic (exact) mass is 347 g/mol. The first kappa shape index (κ1) is 16.6. The molecule has 2 aromatic carbocycles. The first-order valence-corrected chi connectivity index (χ1v) is 9.09. The Hall–Kier alpha value is -2.88. The lowest BCUT2D eigenvalue weighted by Gasteiger charge is -2.37. The molecule has 0 atom stereocenters. The lowest BCUT2D eigenvalue weighted by molar-refractivity contribution is -0.104. The minimum atomic E-state index is -0.247. The maximum absolute atomic E-state index is 13.0. The summed E-state index contributed by atoms with van der Waals surface area (Å²) in [4.78, 5) is 26.5. The van der Waals surface area contributed by atoms with Crippen LogP contribution in [0.1, 0.15) is 39.9 Å². The van der Waals surface area contributed by atoms with Gasteiger partial charge in [-0.1, -0.05) is 30.3 Å². The third-order valence-electron chi connectivity index (χ3n) is 5.30. The number of nitrogens with zero attached hydrogens (tertiary/aromatic N) is 1. The summed E-state index contributed by atoms with van der Waals surface area (Å²) in [6, 6.07) is 10.8. The number of aldehydes is 1. The molecule has 4 heteroatoms. The van der Waals surface area contributed by atoms with Crippen LogP contribution in [0.5, 0.6) is 5.75 Å². The van der Waals surface area contributed by atoms with Gasteiger partial charge in [0, 0.05) is 41.0 Å². The fourth-order valence-electron chi connectivity index (χ4n) is 4.15. The molecule has 0 aliphatic carbocycles. The molecule has 2 aliphatic rings. The first-order valence-electron chi connectivity index (χ1n) is 9.09. The van der Waals surface area contributed by atoms with E-state index in [0.717, 1.165) is 55.6 Å². The van der Waals surface area contributed by atoms with E-state index >= 15 is 0 Å². The highest BCUT2D eigenvalue weighted by molar-refractivity contribution is 6.31. The van der Waals surface area contributed by atoms with Crippen LogP contribution in [0, 0.1) is 0 Å². The second kappa shape index (κ2) is 6.79. The molecule has 2 aromatic rings. The SMILES string of the molecule is O=C/C=C(/C(=O)c1ccccc1)c1cc2c3c(c1O)CCCN3CCC2. The zero-order chi connectivity index (χ0) is 18.1. The molecule has 4 rings (SSSR count). The third-order valence-corrected chi connectivity index (χ3v) is 5.30. The van der Waals surface area contributed by atoms with E-state index in [1.807, 2.05) is 12.1 Å². The van der Waals surface area contributed by atoms with Crippen LogP contribution >= 0.6 is 0 Å². The molecule has 2 aliphatic heterocycles. The van der Waals surface area contributed by atoms with Crippen molar-refractivity contribution in [1.82, 2.24) is 0 Å². The number of phenols is 1. The number of benzene rings is 2. The Labute approximate surface area is 152 Å². The van der Waals surface area contributed by atoms with Gasteiger partial charge in [-0.3, -0.25) is 9.59 Å². The summed E-state index contributed by atoms with van der Waals surface area (Å²) in [7, 11) is 0. The van der Waals surface area contributed by atoms with Crippen LogP contribution < -0.4 is 4.90 Å². The predicted octanol–water partition coefficient (Wildman–Crippen LogP) is 3.56. The highest BCUT2D eigenvalue weighted by Crippen LogP contribution is 2.44. The van der Waals surface area contributed by atoms with Crippen LogP contribution in [0.4, 0.5) is 5.69 Å². The molecular formula is C22H21NO3. The second-order valence-corrected chi connectivity index (χ2v) is 6.86. The van der Waals surface area contributed by atoms with E-state index in [9.17, 15) is 14.7 Å². The quantitative estimate of drug-likeness (QED) is 0.522. The number of ketones is 1. The Morgan fingerprint density at radius 1 is 1.08 bits per heavy atom. The van der Waals surface area contributed by atoms with Crippen molar-refractivity contribution in [3.63, 3.8) is 0 Å². The number of hydrogen-bond acceptors (Lipinski definition) is 4. The van der Waals surface area contributed by atoms with Crippen LogP contribution in [-0.2, 0) is 17.6 Å². The topological polar surface area (TPSA) is 57.6 Å². The Morgan fingerprint density at radius 2 is 1.81 bits per heavy atom. The van der Waals surface area contributed by atoms with E-state index in [1.54, 1.807) is 24.3 Å². The zero-order valence-corrected chi connectivity index (χ0v) is 14.6. The number of phenolic OH excluding ortho intramolecular Hbond substituents is 1. The summed E-state index contributed by atoms with van der Waals surface area (Å²) in [6.45, 7) is 2.03. The third kappa shape index (κ3) is 2.71. The van der Waals surface area contributed by atoms with Crippen LogP contribution in [0.25, 0.3) is 5.57 Å². The summed E-state index contributed by atoms with van der Waals surface area (Å²) in [5, 5.41) is 11.0. The van der Waals surface area contributed by atoms with Crippen molar-refractivity contribution >= 4 is 23.3 Å². The van der Waals surface area contributed by atoms with E-state index < -0.39 is 0 Å². The normalized spacial score (nSPS) is 16.2. The maximum Gasteiger partial charge on any atom is 0.193 e. The molecule has 26 heavy (non-hydrogen) atoms. The van der Waals surface area contributed by atoms with Crippen molar-refractivity contribution in [2.45, 2.75) is 25.7 Å². The van der Waals surface area contributed by atoms with Gasteiger partial charge >= 0.3 is 0 Å². The van der Waals surface area contributed by atoms with Gasteiger partial charge in [0.15, 0.2) is 5.78 Å². The van der Waals surface area contributed by atoms with E-state index in [2.05, 4.69) is 4.90 Å². The summed E-state index contributed by atoms with van der Waals surface area (Å²) < 4.78 is 0. The summed E-state index contributed by atoms with van der Waals surface area (Å²) in [6.07, 6.45) is 5.67. The number of allylic oxidation sites excluding steroid dienone is 2. The van der Waals surface area contributed by atoms with Crippen molar-refractivity contribution in [2.24, 2.45) is 0 Å². The lowest BCUT2D eigenvalue weighted by Crippen LogP contribution is -2.34. The van der Waals surface area contributed by atoms with Gasteiger partial charge in [-0.2, -0.15) is 0 Å². The van der Waals surface area contributed by atoms with Crippen molar-refractivity contribution in [1.29, 1.82) is 0 Å². The van der Waals surface area contributed by atoms with E-state index in [4.69, 9.17) is 0 Å². The lowest BCUT2D eigenvalue weighted by atomic mass is 9.85. The number of Topliss-reactive ketones (excluding diaryl/α,β-unsaturated/α-hetero) is 1. The molecule has 0 unspecified atom stereocenters. The van der Waals surface area contributed by atoms with Gasteiger partial charge in [0.05, 0.1) is 0 Å². The van der Waals surface area contributed by atoms with Crippen molar-refractivity contribution < 1.29 is 14.7 Å². The Morgan fingerprint density at radius 3 is 2.54 bits per heavy atom. The first-order chi connectivity index (χ1) is 12.7. The molecular weight excluding hydrogens is 326 g/mol. The molecule has 0 bridgehead atoms. The summed E-state index contributed by atoms with van der Waals surface area (Å²) >= 11 is 0. The molecule has 4 nitrogen and oxygen atoms in total. The van der Waals surface area contributed by atoms with Crippen LogP contribution in [0.3, 0.4) is 0 Å². The number of carbonyl (C=O) groups is 2. The average Bonchev–Trinajstić information content (AvgIpc) is 2.69. The van der Waals surface area contributed by atoms with Crippen molar-refractivity contribution in [3.8, 4) is 5.75 Å².